The molecule has 3 heterocycles. The molecule has 0 fully saturated rings. The van der Waals surface area contributed by atoms with Gasteiger partial charge >= 0.3 is 5.97 Å². The Bertz CT molecular complexity index is 1140. The van der Waals surface area contributed by atoms with Gasteiger partial charge in [0.25, 0.3) is 0 Å². The summed E-state index contributed by atoms with van der Waals surface area (Å²) in [5, 5.41) is 1.83. The summed E-state index contributed by atoms with van der Waals surface area (Å²) in [6, 6.07) is 3.93. The normalized spacial score (nSPS) is 11.7. The second-order valence-electron chi connectivity index (χ2n) is 6.48. The van der Waals surface area contributed by atoms with Gasteiger partial charge in [-0.2, -0.15) is 0 Å². The van der Waals surface area contributed by atoms with Crippen molar-refractivity contribution in [3.8, 4) is 0 Å². The van der Waals surface area contributed by atoms with Crippen molar-refractivity contribution < 1.29 is 9.53 Å². The molecule has 0 amide bonds. The van der Waals surface area contributed by atoms with Gasteiger partial charge in [0.05, 0.1) is 34.4 Å². The van der Waals surface area contributed by atoms with Crippen molar-refractivity contribution in [1.29, 1.82) is 0 Å². The first-order valence-electron chi connectivity index (χ1n) is 8.20. The number of nitrogens with zero attached hydrogens (tertiary/aromatic N) is 3. The van der Waals surface area contributed by atoms with Gasteiger partial charge in [0, 0.05) is 22.7 Å². The molecule has 1 N–H and O–H groups in total. The predicted molar refractivity (Wildman–Crippen MR) is 96.7 cm³/mol. The van der Waals surface area contributed by atoms with Crippen LogP contribution in [-0.4, -0.2) is 32.0 Å². The average Bonchev–Trinajstić information content (AvgIpc) is 2.93. The largest absolute Gasteiger partial charge is 0.458 e. The standard InChI is InChI=1S/C19H18N4O2/c1-9(2)25-19(24)17-11(4)15-14(8-21-17)23-12-5-6-13-18(16(12)15)20-7-10(3)22-13/h5-9,22H,1-4H3. The highest BCUT2D eigenvalue weighted by atomic mass is 16.5. The number of carbonyl (C=O) groups is 1. The number of hydrogen-bond acceptors (Lipinski definition) is 5. The van der Waals surface area contributed by atoms with Crippen LogP contribution in [0.25, 0.3) is 32.8 Å². The molecule has 6 nitrogen and oxygen atoms in total. The van der Waals surface area contributed by atoms with E-state index in [-0.39, 0.29) is 6.10 Å². The minimum absolute atomic E-state index is 0.195. The van der Waals surface area contributed by atoms with Crippen LogP contribution in [0.15, 0.2) is 24.5 Å². The number of aromatic amines is 1. The molecule has 0 aliphatic rings. The molecule has 3 aromatic heterocycles. The molecule has 1 aromatic carbocycles. The fraction of sp³-hybridized carbons (Fsp3) is 0.263. The molecule has 126 valence electrons. The summed E-state index contributed by atoms with van der Waals surface area (Å²) in [6.07, 6.45) is 3.23. The zero-order valence-electron chi connectivity index (χ0n) is 14.5. The highest BCUT2D eigenvalue weighted by Gasteiger charge is 2.20. The molecule has 4 rings (SSSR count). The first-order chi connectivity index (χ1) is 12.0. The number of aryl methyl sites for hydroxylation is 2. The number of nitrogens with one attached hydrogen (secondary N) is 1. The number of carbonyl (C=O) groups excluding carboxylic acids is 1. The topological polar surface area (TPSA) is 80.8 Å². The molecule has 0 aliphatic heterocycles. The number of rotatable bonds is 2. The van der Waals surface area contributed by atoms with E-state index in [0.717, 1.165) is 44.1 Å². The van der Waals surface area contributed by atoms with E-state index in [1.807, 2.05) is 39.8 Å². The van der Waals surface area contributed by atoms with Crippen molar-refractivity contribution in [2.45, 2.75) is 33.8 Å². The van der Waals surface area contributed by atoms with E-state index in [9.17, 15) is 4.79 Å². The molecule has 0 saturated carbocycles. The zero-order chi connectivity index (χ0) is 17.7. The van der Waals surface area contributed by atoms with Crippen molar-refractivity contribution in [3.63, 3.8) is 0 Å². The summed E-state index contributed by atoms with van der Waals surface area (Å²) in [5.41, 5.74) is 5.43. The number of fused-ring (bicyclic) bond motifs is 5. The summed E-state index contributed by atoms with van der Waals surface area (Å²) in [6.45, 7) is 7.49. The second-order valence-corrected chi connectivity index (χ2v) is 6.48. The summed E-state index contributed by atoms with van der Waals surface area (Å²) < 4.78 is 5.31. The highest BCUT2D eigenvalue weighted by molar-refractivity contribution is 6.20. The molecule has 25 heavy (non-hydrogen) atoms. The zero-order valence-corrected chi connectivity index (χ0v) is 14.5. The Labute approximate surface area is 144 Å². The van der Waals surface area contributed by atoms with Crippen molar-refractivity contribution in [1.82, 2.24) is 19.9 Å². The molecular formula is C19H18N4O2. The molecule has 0 atom stereocenters. The van der Waals surface area contributed by atoms with Gasteiger partial charge in [-0.3, -0.25) is 4.98 Å². The molecule has 0 unspecified atom stereocenters. The lowest BCUT2D eigenvalue weighted by molar-refractivity contribution is 0.0370. The molecule has 0 spiro atoms. The van der Waals surface area contributed by atoms with E-state index in [4.69, 9.17) is 4.74 Å². The van der Waals surface area contributed by atoms with E-state index >= 15 is 0 Å². The van der Waals surface area contributed by atoms with Crippen molar-refractivity contribution >= 4 is 38.8 Å². The van der Waals surface area contributed by atoms with E-state index in [2.05, 4.69) is 19.9 Å². The minimum atomic E-state index is -0.417. The van der Waals surface area contributed by atoms with Gasteiger partial charge in [-0.05, 0) is 45.4 Å². The molecule has 0 radical (unpaired) electrons. The number of H-pyrrole nitrogens is 1. The van der Waals surface area contributed by atoms with Crippen LogP contribution in [0.1, 0.15) is 35.6 Å². The second kappa shape index (κ2) is 5.51. The fourth-order valence-electron chi connectivity index (χ4n) is 3.16. The molecule has 0 saturated heterocycles. The highest BCUT2D eigenvalue weighted by Crippen LogP contribution is 2.33. The Kier molecular flexibility index (Phi) is 3.42. The monoisotopic (exact) mass is 334 g/mol. The van der Waals surface area contributed by atoms with Gasteiger partial charge in [0.15, 0.2) is 5.69 Å². The van der Waals surface area contributed by atoms with Crippen LogP contribution in [0.3, 0.4) is 0 Å². The maximum atomic E-state index is 12.4. The van der Waals surface area contributed by atoms with Gasteiger partial charge in [-0.25, -0.2) is 14.8 Å². The third kappa shape index (κ3) is 2.41. The Morgan fingerprint density at radius 1 is 1.08 bits per heavy atom. The summed E-state index contributed by atoms with van der Waals surface area (Å²) in [5.74, 6) is -0.417. The Hall–Kier alpha value is -3.02. The van der Waals surface area contributed by atoms with Gasteiger partial charge < -0.3 is 9.72 Å². The van der Waals surface area contributed by atoms with E-state index in [0.29, 0.717) is 5.69 Å². The first-order valence-corrected chi connectivity index (χ1v) is 8.20. The smallest absolute Gasteiger partial charge is 0.357 e. The van der Waals surface area contributed by atoms with Crippen LogP contribution in [0.4, 0.5) is 0 Å². The number of benzene rings is 1. The van der Waals surface area contributed by atoms with Crippen LogP contribution in [0.2, 0.25) is 0 Å². The van der Waals surface area contributed by atoms with E-state index < -0.39 is 5.97 Å². The van der Waals surface area contributed by atoms with Crippen molar-refractivity contribution in [2.75, 3.05) is 0 Å². The fourth-order valence-corrected chi connectivity index (χ4v) is 3.16. The summed E-state index contributed by atoms with van der Waals surface area (Å²) in [7, 11) is 0. The average molecular weight is 334 g/mol. The van der Waals surface area contributed by atoms with Gasteiger partial charge in [-0.1, -0.05) is 0 Å². The maximum absolute atomic E-state index is 12.4. The lowest BCUT2D eigenvalue weighted by atomic mass is 10.1. The van der Waals surface area contributed by atoms with Crippen LogP contribution in [0, 0.1) is 13.8 Å². The lowest BCUT2D eigenvalue weighted by Crippen LogP contribution is -2.14. The van der Waals surface area contributed by atoms with Crippen LogP contribution in [0.5, 0.6) is 0 Å². The quantitative estimate of drug-likeness (QED) is 0.563. The number of aromatic nitrogens is 4. The van der Waals surface area contributed by atoms with Gasteiger partial charge in [0.2, 0.25) is 0 Å². The van der Waals surface area contributed by atoms with Crippen LogP contribution in [-0.2, 0) is 4.74 Å². The first kappa shape index (κ1) is 15.5. The summed E-state index contributed by atoms with van der Waals surface area (Å²) in [4.78, 5) is 29.2. The lowest BCUT2D eigenvalue weighted by Gasteiger charge is -2.10. The number of pyridine rings is 1. The minimum Gasteiger partial charge on any atom is -0.458 e. The molecule has 0 bridgehead atoms. The summed E-state index contributed by atoms with van der Waals surface area (Å²) >= 11 is 0. The Morgan fingerprint density at radius 3 is 2.64 bits per heavy atom. The van der Waals surface area contributed by atoms with Gasteiger partial charge in [0.1, 0.15) is 0 Å². The maximum Gasteiger partial charge on any atom is 0.357 e. The van der Waals surface area contributed by atoms with Gasteiger partial charge in [-0.15, -0.1) is 0 Å². The SMILES string of the molecule is Cc1cnc2c(ccc3nc4cnc(C(=O)OC(C)C)c(C)c4c32)[nH]1. The van der Waals surface area contributed by atoms with Crippen molar-refractivity contribution in [3.05, 3.63) is 41.5 Å². The molecular weight excluding hydrogens is 316 g/mol. The van der Waals surface area contributed by atoms with Crippen LogP contribution >= 0.6 is 0 Å². The molecule has 6 heteroatoms. The molecule has 4 aromatic rings. The van der Waals surface area contributed by atoms with E-state index in [1.165, 1.54) is 0 Å². The third-order valence-electron chi connectivity index (χ3n) is 4.20. The number of esters is 1. The van der Waals surface area contributed by atoms with Crippen LogP contribution < -0.4 is 0 Å². The predicted octanol–water partition coefficient (Wildman–Crippen LogP) is 3.84. The Balaban J connectivity index is 2.07. The molecule has 0 aliphatic carbocycles. The number of ether oxygens (including phenoxy) is 1. The third-order valence-corrected chi connectivity index (χ3v) is 4.20. The number of hydrogen-bond donors (Lipinski definition) is 1. The van der Waals surface area contributed by atoms with Crippen molar-refractivity contribution in [2.24, 2.45) is 0 Å². The Morgan fingerprint density at radius 2 is 1.88 bits per heavy atom. The van der Waals surface area contributed by atoms with E-state index in [1.54, 1.807) is 12.4 Å².